The molecule has 188 valence electrons. The highest BCUT2D eigenvalue weighted by atomic mass is 19.3. The van der Waals surface area contributed by atoms with Crippen LogP contribution in [0.3, 0.4) is 0 Å². The summed E-state index contributed by atoms with van der Waals surface area (Å²) < 4.78 is 36.8. The van der Waals surface area contributed by atoms with Gasteiger partial charge in [-0.05, 0) is 56.2 Å². The predicted octanol–water partition coefficient (Wildman–Crippen LogP) is 5.28. The summed E-state index contributed by atoms with van der Waals surface area (Å²) in [4.78, 5) is 20.2. The molecule has 1 aromatic heterocycles. The van der Waals surface area contributed by atoms with Crippen molar-refractivity contribution >= 4 is 11.6 Å². The number of alkyl halides is 2. The Hall–Kier alpha value is -3.36. The SMILES string of the molecule is CC(C)(O)c1ccc(N2Cc3c(cc([C@H]4CCOC4)nc3-c3ccccc3OCC(F)F)C2=O)cc1. The van der Waals surface area contributed by atoms with Crippen LogP contribution in [0.4, 0.5) is 14.5 Å². The van der Waals surface area contributed by atoms with E-state index in [0.29, 0.717) is 41.5 Å². The maximum absolute atomic E-state index is 13.6. The second kappa shape index (κ2) is 9.59. The van der Waals surface area contributed by atoms with E-state index in [-0.39, 0.29) is 18.4 Å². The lowest BCUT2D eigenvalue weighted by molar-refractivity contribution is 0.0786. The van der Waals surface area contributed by atoms with Gasteiger partial charge in [-0.3, -0.25) is 9.78 Å². The highest BCUT2D eigenvalue weighted by Gasteiger charge is 2.34. The Balaban J connectivity index is 1.58. The number of fused-ring (bicyclic) bond motifs is 1. The van der Waals surface area contributed by atoms with Gasteiger partial charge in [0, 0.05) is 40.6 Å². The number of anilines is 1. The zero-order chi connectivity index (χ0) is 25.4. The summed E-state index contributed by atoms with van der Waals surface area (Å²) in [6.45, 7) is 4.11. The molecule has 1 atom stereocenters. The van der Waals surface area contributed by atoms with Gasteiger partial charge in [-0.1, -0.05) is 24.3 Å². The number of aromatic nitrogens is 1. The number of amides is 1. The number of halogens is 2. The van der Waals surface area contributed by atoms with Crippen molar-refractivity contribution in [2.75, 3.05) is 24.7 Å². The first-order valence-corrected chi connectivity index (χ1v) is 12.0. The molecule has 1 saturated heterocycles. The molecule has 2 aliphatic rings. The minimum absolute atomic E-state index is 0.0520. The minimum Gasteiger partial charge on any atom is -0.487 e. The lowest BCUT2D eigenvalue weighted by Crippen LogP contribution is -2.23. The van der Waals surface area contributed by atoms with Crippen LogP contribution in [0.1, 0.15) is 53.4 Å². The van der Waals surface area contributed by atoms with E-state index in [2.05, 4.69) is 0 Å². The second-order valence-electron chi connectivity index (χ2n) is 9.68. The van der Waals surface area contributed by atoms with E-state index >= 15 is 0 Å². The Morgan fingerprint density at radius 1 is 1.17 bits per heavy atom. The van der Waals surface area contributed by atoms with Gasteiger partial charge in [0.1, 0.15) is 12.4 Å². The molecule has 3 aromatic rings. The molecule has 1 fully saturated rings. The highest BCUT2D eigenvalue weighted by Crippen LogP contribution is 2.40. The maximum Gasteiger partial charge on any atom is 0.272 e. The summed E-state index contributed by atoms with van der Waals surface area (Å²) in [7, 11) is 0. The van der Waals surface area contributed by atoms with Crippen LogP contribution < -0.4 is 9.64 Å². The van der Waals surface area contributed by atoms with Crippen LogP contribution in [-0.2, 0) is 16.9 Å². The molecule has 0 unspecified atom stereocenters. The summed E-state index contributed by atoms with van der Waals surface area (Å²) in [6, 6.07) is 16.0. The summed E-state index contributed by atoms with van der Waals surface area (Å²) in [5.41, 5.74) is 3.59. The third kappa shape index (κ3) is 4.70. The average molecular weight is 495 g/mol. The summed E-state index contributed by atoms with van der Waals surface area (Å²) in [5.74, 6) is 0.194. The molecular formula is C28H28F2N2O4. The van der Waals surface area contributed by atoms with Gasteiger partial charge in [0.05, 0.1) is 24.4 Å². The first-order chi connectivity index (χ1) is 17.2. The van der Waals surface area contributed by atoms with Gasteiger partial charge in [-0.25, -0.2) is 8.78 Å². The molecule has 0 bridgehead atoms. The monoisotopic (exact) mass is 494 g/mol. The van der Waals surface area contributed by atoms with E-state index in [4.69, 9.17) is 14.5 Å². The zero-order valence-corrected chi connectivity index (χ0v) is 20.2. The van der Waals surface area contributed by atoms with E-state index in [1.54, 1.807) is 55.1 Å². The number of para-hydroxylation sites is 1. The molecule has 1 amide bonds. The van der Waals surface area contributed by atoms with Crippen LogP contribution in [-0.4, -0.2) is 42.2 Å². The molecule has 6 nitrogen and oxygen atoms in total. The molecule has 2 aliphatic heterocycles. The van der Waals surface area contributed by atoms with Gasteiger partial charge in [0.15, 0.2) is 0 Å². The first-order valence-electron chi connectivity index (χ1n) is 12.0. The third-order valence-corrected chi connectivity index (χ3v) is 6.68. The van der Waals surface area contributed by atoms with E-state index in [0.717, 1.165) is 23.2 Å². The lowest BCUT2D eigenvalue weighted by Gasteiger charge is -2.20. The minimum atomic E-state index is -2.61. The van der Waals surface area contributed by atoms with Crippen molar-refractivity contribution in [1.29, 1.82) is 0 Å². The first kappa shape index (κ1) is 24.3. The quantitative estimate of drug-likeness (QED) is 0.484. The standard InChI is InChI=1S/C28H28F2N2O4/c1-28(2,34)18-7-9-19(10-8-18)32-14-22-21(27(32)33)13-23(17-11-12-35-15-17)31-26(22)20-5-3-4-6-24(20)36-16-25(29)30/h3-10,13,17,25,34H,11-12,14-16H2,1-2H3/t17-/m0/s1. The fourth-order valence-corrected chi connectivity index (χ4v) is 4.72. The van der Waals surface area contributed by atoms with Gasteiger partial charge in [0.2, 0.25) is 0 Å². The maximum atomic E-state index is 13.6. The Kier molecular flexibility index (Phi) is 6.49. The van der Waals surface area contributed by atoms with Crippen LogP contribution >= 0.6 is 0 Å². The van der Waals surface area contributed by atoms with E-state index in [9.17, 15) is 18.7 Å². The Morgan fingerprint density at radius 2 is 1.92 bits per heavy atom. The summed E-state index contributed by atoms with van der Waals surface area (Å²) in [5, 5.41) is 10.3. The number of pyridine rings is 1. The fraction of sp³-hybridized carbons (Fsp3) is 0.357. The molecule has 36 heavy (non-hydrogen) atoms. The number of hydrogen-bond acceptors (Lipinski definition) is 5. The molecule has 0 aliphatic carbocycles. The molecule has 8 heteroatoms. The van der Waals surface area contributed by atoms with Gasteiger partial charge < -0.3 is 19.5 Å². The smallest absolute Gasteiger partial charge is 0.272 e. The lowest BCUT2D eigenvalue weighted by atomic mass is 9.96. The number of nitrogens with zero attached hydrogens (tertiary/aromatic N) is 2. The van der Waals surface area contributed by atoms with Crippen molar-refractivity contribution in [1.82, 2.24) is 4.98 Å². The van der Waals surface area contributed by atoms with Gasteiger partial charge >= 0.3 is 0 Å². The van der Waals surface area contributed by atoms with Crippen LogP contribution in [0.2, 0.25) is 0 Å². The van der Waals surface area contributed by atoms with E-state index < -0.39 is 18.6 Å². The Morgan fingerprint density at radius 3 is 2.58 bits per heavy atom. The second-order valence-corrected chi connectivity index (χ2v) is 9.68. The third-order valence-electron chi connectivity index (χ3n) is 6.68. The van der Waals surface area contributed by atoms with Gasteiger partial charge in [-0.2, -0.15) is 0 Å². The molecule has 0 saturated carbocycles. The normalized spacial score (nSPS) is 17.7. The number of aliphatic hydroxyl groups is 1. The summed E-state index contributed by atoms with van der Waals surface area (Å²) in [6.07, 6.45) is -1.81. The Bertz CT molecular complexity index is 1270. The van der Waals surface area contributed by atoms with Crippen molar-refractivity contribution < 1.29 is 28.2 Å². The topological polar surface area (TPSA) is 71.9 Å². The average Bonchev–Trinajstić information content (AvgIpc) is 3.51. The molecule has 2 aromatic carbocycles. The van der Waals surface area contributed by atoms with Crippen LogP contribution in [0, 0.1) is 0 Å². The molecule has 3 heterocycles. The van der Waals surface area contributed by atoms with Crippen LogP contribution in [0.5, 0.6) is 5.75 Å². The number of carbonyl (C=O) groups excluding carboxylic acids is 1. The largest absolute Gasteiger partial charge is 0.487 e. The summed E-state index contributed by atoms with van der Waals surface area (Å²) >= 11 is 0. The molecule has 1 N–H and O–H groups in total. The van der Waals surface area contributed by atoms with Crippen LogP contribution in [0.25, 0.3) is 11.3 Å². The number of carbonyl (C=O) groups is 1. The predicted molar refractivity (Wildman–Crippen MR) is 132 cm³/mol. The fourth-order valence-electron chi connectivity index (χ4n) is 4.72. The molecule has 5 rings (SSSR count). The van der Waals surface area contributed by atoms with E-state index in [1.165, 1.54) is 0 Å². The van der Waals surface area contributed by atoms with Gasteiger partial charge in [0.25, 0.3) is 12.3 Å². The van der Waals surface area contributed by atoms with Crippen molar-refractivity contribution in [3.63, 3.8) is 0 Å². The van der Waals surface area contributed by atoms with Gasteiger partial charge in [-0.15, -0.1) is 0 Å². The van der Waals surface area contributed by atoms with Crippen molar-refractivity contribution in [3.8, 4) is 17.0 Å². The van der Waals surface area contributed by atoms with Crippen molar-refractivity contribution in [3.05, 3.63) is 77.0 Å². The molecular weight excluding hydrogens is 466 g/mol. The van der Waals surface area contributed by atoms with Crippen molar-refractivity contribution in [2.24, 2.45) is 0 Å². The highest BCUT2D eigenvalue weighted by molar-refractivity contribution is 6.11. The Labute approximate surface area is 208 Å². The molecule has 0 spiro atoms. The molecule has 0 radical (unpaired) electrons. The van der Waals surface area contributed by atoms with Crippen LogP contribution in [0.15, 0.2) is 54.6 Å². The number of ether oxygens (including phenoxy) is 2. The van der Waals surface area contributed by atoms with E-state index in [1.807, 2.05) is 18.2 Å². The number of benzene rings is 2. The number of hydrogen-bond donors (Lipinski definition) is 1. The number of rotatable bonds is 7. The van der Waals surface area contributed by atoms with Crippen molar-refractivity contribution in [2.45, 2.75) is 44.8 Å². The zero-order valence-electron chi connectivity index (χ0n) is 20.2.